The molecule has 0 saturated heterocycles. The molecule has 1 aliphatic carbocycles. The van der Waals surface area contributed by atoms with Crippen molar-refractivity contribution in [2.45, 2.75) is 31.3 Å². The summed E-state index contributed by atoms with van der Waals surface area (Å²) in [5.74, 6) is 0. The fourth-order valence-electron chi connectivity index (χ4n) is 1.35. The minimum atomic E-state index is -0.403. The lowest BCUT2D eigenvalue weighted by Crippen LogP contribution is -2.37. The van der Waals surface area contributed by atoms with Gasteiger partial charge in [0.15, 0.2) is 5.66 Å². The smallest absolute Gasteiger partial charge is 0.152 e. The van der Waals surface area contributed by atoms with Gasteiger partial charge in [-0.3, -0.25) is 5.32 Å². The van der Waals surface area contributed by atoms with Gasteiger partial charge >= 0.3 is 0 Å². The number of nitrogens with one attached hydrogen (secondary N) is 1. The Morgan fingerprint density at radius 2 is 2.00 bits per heavy atom. The average Bonchev–Trinajstić information content (AvgIpc) is 2.36. The first-order valence-corrected chi connectivity index (χ1v) is 3.36. The summed E-state index contributed by atoms with van der Waals surface area (Å²) >= 11 is 0. The number of hydrogen-bond donors (Lipinski definition) is 1. The first kappa shape index (κ1) is 6.68. The van der Waals surface area contributed by atoms with E-state index in [1.165, 1.54) is 0 Å². The second kappa shape index (κ2) is 2.43. The third-order valence-corrected chi connectivity index (χ3v) is 2.07. The summed E-state index contributed by atoms with van der Waals surface area (Å²) in [5, 5.41) is 6.02. The minimum Gasteiger partial charge on any atom is -0.293 e. The van der Waals surface area contributed by atoms with Crippen LogP contribution in [0.15, 0.2) is 5.18 Å². The van der Waals surface area contributed by atoms with Gasteiger partial charge < -0.3 is 0 Å². The van der Waals surface area contributed by atoms with Crippen LogP contribution in [0.2, 0.25) is 0 Å². The lowest BCUT2D eigenvalue weighted by atomic mass is 10.1. The maximum absolute atomic E-state index is 10.2. The van der Waals surface area contributed by atoms with Crippen molar-refractivity contribution in [1.29, 1.82) is 0 Å². The predicted molar refractivity (Wildman–Crippen MR) is 36.1 cm³/mol. The average molecular weight is 128 g/mol. The fourth-order valence-corrected chi connectivity index (χ4v) is 1.35. The van der Waals surface area contributed by atoms with Crippen LogP contribution >= 0.6 is 0 Å². The maximum atomic E-state index is 10.2. The summed E-state index contributed by atoms with van der Waals surface area (Å²) in [4.78, 5) is 10.2. The summed E-state index contributed by atoms with van der Waals surface area (Å²) in [6.45, 7) is 0. The zero-order valence-corrected chi connectivity index (χ0v) is 5.68. The van der Waals surface area contributed by atoms with E-state index >= 15 is 0 Å². The maximum Gasteiger partial charge on any atom is 0.152 e. The van der Waals surface area contributed by atoms with E-state index in [9.17, 15) is 4.91 Å². The van der Waals surface area contributed by atoms with E-state index in [1.54, 1.807) is 7.05 Å². The Bertz CT molecular complexity index is 108. The highest BCUT2D eigenvalue weighted by Crippen LogP contribution is 2.29. The monoisotopic (exact) mass is 128 g/mol. The summed E-state index contributed by atoms with van der Waals surface area (Å²) in [7, 11) is 1.80. The number of rotatable bonds is 2. The Labute approximate surface area is 54.8 Å². The molecular weight excluding hydrogens is 116 g/mol. The quantitative estimate of drug-likeness (QED) is 0.568. The fraction of sp³-hybridized carbons (Fsp3) is 1.00. The zero-order valence-electron chi connectivity index (χ0n) is 5.68. The highest BCUT2D eigenvalue weighted by atomic mass is 16.3. The molecule has 1 aliphatic rings. The van der Waals surface area contributed by atoms with Crippen molar-refractivity contribution in [1.82, 2.24) is 5.32 Å². The molecular formula is C6H12N2O. The van der Waals surface area contributed by atoms with Crippen LogP contribution in [0.25, 0.3) is 0 Å². The molecule has 0 atom stereocenters. The van der Waals surface area contributed by atoms with Gasteiger partial charge in [0, 0.05) is 0 Å². The van der Waals surface area contributed by atoms with Gasteiger partial charge in [0.1, 0.15) is 0 Å². The van der Waals surface area contributed by atoms with Crippen molar-refractivity contribution in [2.24, 2.45) is 5.18 Å². The van der Waals surface area contributed by atoms with E-state index in [-0.39, 0.29) is 0 Å². The van der Waals surface area contributed by atoms with Crippen molar-refractivity contribution in [3.63, 3.8) is 0 Å². The molecule has 1 saturated carbocycles. The van der Waals surface area contributed by atoms with Crippen molar-refractivity contribution in [3.05, 3.63) is 4.91 Å². The van der Waals surface area contributed by atoms with E-state index in [1.807, 2.05) is 0 Å². The third kappa shape index (κ3) is 1.10. The standard InChI is InChI=1S/C6H12N2O/c1-7-6(8-9)4-2-3-5-6/h7H,2-5H2,1H3. The molecule has 0 radical (unpaired) electrons. The van der Waals surface area contributed by atoms with Crippen LogP contribution in [0.4, 0.5) is 0 Å². The molecule has 9 heavy (non-hydrogen) atoms. The van der Waals surface area contributed by atoms with Crippen LogP contribution in [-0.4, -0.2) is 12.7 Å². The van der Waals surface area contributed by atoms with Crippen molar-refractivity contribution in [2.75, 3.05) is 7.05 Å². The van der Waals surface area contributed by atoms with Crippen LogP contribution in [0.1, 0.15) is 25.7 Å². The highest BCUT2D eigenvalue weighted by Gasteiger charge is 2.32. The minimum absolute atomic E-state index is 0.403. The normalized spacial score (nSPS) is 24.1. The summed E-state index contributed by atoms with van der Waals surface area (Å²) in [6.07, 6.45) is 4.08. The first-order chi connectivity index (χ1) is 4.33. The molecule has 0 amide bonds. The van der Waals surface area contributed by atoms with Crippen LogP contribution in [0.3, 0.4) is 0 Å². The van der Waals surface area contributed by atoms with E-state index in [4.69, 9.17) is 0 Å². The molecule has 0 spiro atoms. The molecule has 3 heteroatoms. The molecule has 1 N–H and O–H groups in total. The van der Waals surface area contributed by atoms with Crippen LogP contribution in [0, 0.1) is 4.91 Å². The molecule has 0 bridgehead atoms. The van der Waals surface area contributed by atoms with E-state index in [0.29, 0.717) is 0 Å². The highest BCUT2D eigenvalue weighted by molar-refractivity contribution is 4.88. The molecule has 0 aromatic rings. The van der Waals surface area contributed by atoms with Gasteiger partial charge in [-0.1, -0.05) is 0 Å². The van der Waals surface area contributed by atoms with Crippen molar-refractivity contribution in [3.8, 4) is 0 Å². The van der Waals surface area contributed by atoms with Gasteiger partial charge in [-0.05, 0) is 37.9 Å². The molecule has 0 heterocycles. The lowest BCUT2D eigenvalue weighted by molar-refractivity contribution is 0.374. The van der Waals surface area contributed by atoms with Crippen LogP contribution in [0.5, 0.6) is 0 Å². The number of hydrogen-bond acceptors (Lipinski definition) is 3. The van der Waals surface area contributed by atoms with Gasteiger partial charge in [-0.15, -0.1) is 4.91 Å². The zero-order chi connectivity index (χ0) is 6.74. The Kier molecular flexibility index (Phi) is 1.81. The third-order valence-electron chi connectivity index (χ3n) is 2.07. The predicted octanol–water partition coefficient (Wildman–Crippen LogP) is 1.24. The molecule has 0 unspecified atom stereocenters. The molecule has 1 fully saturated rings. The summed E-state index contributed by atoms with van der Waals surface area (Å²) in [6, 6.07) is 0. The Balaban J connectivity index is 2.55. The molecule has 0 aromatic carbocycles. The van der Waals surface area contributed by atoms with Gasteiger partial charge in [0.25, 0.3) is 0 Å². The molecule has 3 nitrogen and oxygen atoms in total. The molecule has 0 aromatic heterocycles. The van der Waals surface area contributed by atoms with Gasteiger partial charge in [0.05, 0.1) is 0 Å². The van der Waals surface area contributed by atoms with E-state index in [2.05, 4.69) is 10.5 Å². The SMILES string of the molecule is CNC1(N=O)CCCC1. The Morgan fingerprint density at radius 3 is 2.22 bits per heavy atom. The molecule has 0 aliphatic heterocycles. The number of nitrogens with zero attached hydrogens (tertiary/aromatic N) is 1. The largest absolute Gasteiger partial charge is 0.293 e. The Hall–Kier alpha value is -0.440. The first-order valence-electron chi connectivity index (χ1n) is 3.36. The lowest BCUT2D eigenvalue weighted by Gasteiger charge is -2.17. The van der Waals surface area contributed by atoms with E-state index < -0.39 is 5.66 Å². The number of nitroso groups, excluding NO2 is 1. The summed E-state index contributed by atoms with van der Waals surface area (Å²) in [5.41, 5.74) is -0.403. The molecule has 1 rings (SSSR count). The van der Waals surface area contributed by atoms with Crippen LogP contribution in [-0.2, 0) is 0 Å². The second-order valence-electron chi connectivity index (χ2n) is 2.58. The molecule has 52 valence electrons. The summed E-state index contributed by atoms with van der Waals surface area (Å²) < 4.78 is 0. The van der Waals surface area contributed by atoms with Crippen LogP contribution < -0.4 is 5.32 Å². The van der Waals surface area contributed by atoms with Gasteiger partial charge in [-0.2, -0.15) is 0 Å². The van der Waals surface area contributed by atoms with Crippen molar-refractivity contribution < 1.29 is 0 Å². The topological polar surface area (TPSA) is 41.5 Å². The van der Waals surface area contributed by atoms with Crippen molar-refractivity contribution >= 4 is 0 Å². The second-order valence-corrected chi connectivity index (χ2v) is 2.58. The van der Waals surface area contributed by atoms with Gasteiger partial charge in [-0.25, -0.2) is 0 Å². The van der Waals surface area contributed by atoms with E-state index in [0.717, 1.165) is 25.7 Å². The van der Waals surface area contributed by atoms with Gasteiger partial charge in [0.2, 0.25) is 0 Å². The Morgan fingerprint density at radius 1 is 1.44 bits per heavy atom.